The maximum Gasteiger partial charge on any atom is 0.419 e. The number of furan rings is 1. The number of nitrogens with one attached hydrogen (secondary N) is 2. The zero-order valence-electron chi connectivity index (χ0n) is 14.6. The van der Waals surface area contributed by atoms with E-state index < -0.39 is 11.7 Å². The first-order valence-corrected chi connectivity index (χ1v) is 9.01. The molecule has 0 bridgehead atoms. The summed E-state index contributed by atoms with van der Waals surface area (Å²) in [4.78, 5) is 5.85. The standard InChI is InChI=1S/C17H15ClF3N5O2/c18-12-8-11(17(19,20)21)9-22-15(12)26-5-3-25(4-6-26)10-14-23-24-16(28-14)13-2-1-7-27-13/h1-2,7-9H,3-6,10H2/p+2. The van der Waals surface area contributed by atoms with Crippen molar-refractivity contribution in [1.82, 2.24) is 10.2 Å². The Labute approximate surface area is 162 Å². The van der Waals surface area contributed by atoms with E-state index in [1.165, 1.54) is 11.2 Å². The Balaban J connectivity index is 1.36. The van der Waals surface area contributed by atoms with E-state index in [2.05, 4.69) is 15.2 Å². The lowest BCUT2D eigenvalue weighted by atomic mass is 10.2. The van der Waals surface area contributed by atoms with Gasteiger partial charge in [0, 0.05) is 0 Å². The molecule has 1 saturated heterocycles. The smallest absolute Gasteiger partial charge is 0.419 e. The number of quaternary nitrogens is 1. The summed E-state index contributed by atoms with van der Waals surface area (Å²) in [7, 11) is 0. The summed E-state index contributed by atoms with van der Waals surface area (Å²) in [5, 5.41) is 8.08. The molecular weight excluding hydrogens is 399 g/mol. The van der Waals surface area contributed by atoms with Crippen molar-refractivity contribution in [3.63, 3.8) is 0 Å². The molecule has 0 amide bonds. The second kappa shape index (κ2) is 7.44. The largest absolute Gasteiger partial charge is 0.459 e. The zero-order valence-corrected chi connectivity index (χ0v) is 15.3. The summed E-state index contributed by atoms with van der Waals surface area (Å²) < 4.78 is 49.2. The molecular formula is C17H17ClF3N5O2+2. The number of pyridine rings is 1. The molecule has 3 aromatic heterocycles. The third kappa shape index (κ3) is 3.97. The van der Waals surface area contributed by atoms with Crippen LogP contribution in [0.2, 0.25) is 5.02 Å². The number of hydrogen-bond donors (Lipinski definition) is 1. The molecule has 28 heavy (non-hydrogen) atoms. The quantitative estimate of drug-likeness (QED) is 0.702. The van der Waals surface area contributed by atoms with Crippen LogP contribution in [0.3, 0.4) is 0 Å². The van der Waals surface area contributed by atoms with Gasteiger partial charge in [0.25, 0.3) is 17.6 Å². The third-order valence-electron chi connectivity index (χ3n) is 4.59. The number of anilines is 1. The minimum Gasteiger partial charge on any atom is -0.459 e. The van der Waals surface area contributed by atoms with Crippen LogP contribution in [0.5, 0.6) is 0 Å². The number of H-pyrrole nitrogens is 1. The minimum absolute atomic E-state index is 0.0539. The number of halogens is 4. The highest BCUT2D eigenvalue weighted by Crippen LogP contribution is 2.32. The maximum atomic E-state index is 12.8. The summed E-state index contributed by atoms with van der Waals surface area (Å²) >= 11 is 6.06. The molecule has 0 atom stereocenters. The van der Waals surface area contributed by atoms with Crippen molar-refractivity contribution in [1.29, 1.82) is 0 Å². The van der Waals surface area contributed by atoms with Crippen LogP contribution in [0.4, 0.5) is 19.0 Å². The van der Waals surface area contributed by atoms with Gasteiger partial charge in [0.05, 0.1) is 11.8 Å². The number of hydrogen-bond acceptors (Lipinski definition) is 5. The first-order chi connectivity index (χ1) is 13.4. The van der Waals surface area contributed by atoms with Gasteiger partial charge in [-0.15, -0.1) is 10.2 Å². The Morgan fingerprint density at radius 1 is 1.25 bits per heavy atom. The molecule has 0 radical (unpaired) electrons. The van der Waals surface area contributed by atoms with Crippen molar-refractivity contribution in [2.45, 2.75) is 12.7 Å². The predicted octanol–water partition coefficient (Wildman–Crippen LogP) is 1.72. The van der Waals surface area contributed by atoms with Crippen molar-refractivity contribution in [3.8, 4) is 11.7 Å². The molecule has 148 valence electrons. The lowest BCUT2D eigenvalue weighted by Gasteiger charge is -2.27. The van der Waals surface area contributed by atoms with Crippen LogP contribution in [0, 0.1) is 0 Å². The van der Waals surface area contributed by atoms with Crippen LogP contribution in [0.15, 0.2) is 39.5 Å². The first-order valence-electron chi connectivity index (χ1n) is 8.63. The molecule has 0 spiro atoms. The Kier molecular flexibility index (Phi) is 4.98. The SMILES string of the molecule is FC(F)(F)c1c[nH+]c(N2CC[NH+](Cc3nnc(-c4ccco4)o3)CC2)c(Cl)c1. The van der Waals surface area contributed by atoms with Crippen molar-refractivity contribution < 1.29 is 31.9 Å². The van der Waals surface area contributed by atoms with E-state index in [9.17, 15) is 13.2 Å². The molecule has 0 aromatic carbocycles. The number of aromatic nitrogens is 3. The van der Waals surface area contributed by atoms with Gasteiger partial charge in [-0.05, 0) is 18.2 Å². The highest BCUT2D eigenvalue weighted by molar-refractivity contribution is 6.32. The number of aromatic amines is 1. The average molecular weight is 416 g/mol. The third-order valence-corrected chi connectivity index (χ3v) is 4.88. The van der Waals surface area contributed by atoms with Gasteiger partial charge >= 0.3 is 6.18 Å². The van der Waals surface area contributed by atoms with Gasteiger partial charge in [-0.25, -0.2) is 9.88 Å². The van der Waals surface area contributed by atoms with Crippen molar-refractivity contribution in [2.75, 3.05) is 31.1 Å². The molecule has 4 heterocycles. The Morgan fingerprint density at radius 2 is 2.04 bits per heavy atom. The van der Waals surface area contributed by atoms with E-state index >= 15 is 0 Å². The van der Waals surface area contributed by atoms with Crippen LogP contribution in [0.1, 0.15) is 11.5 Å². The van der Waals surface area contributed by atoms with Gasteiger partial charge in [-0.1, -0.05) is 11.6 Å². The fourth-order valence-electron chi connectivity index (χ4n) is 3.13. The fraction of sp³-hybridized carbons (Fsp3) is 0.353. The molecule has 3 aromatic rings. The maximum absolute atomic E-state index is 12.8. The van der Waals surface area contributed by atoms with Gasteiger partial charge in [0.1, 0.15) is 37.4 Å². The molecule has 0 aliphatic carbocycles. The zero-order chi connectivity index (χ0) is 19.7. The second-order valence-corrected chi connectivity index (χ2v) is 6.88. The summed E-state index contributed by atoms with van der Waals surface area (Å²) in [5.41, 5.74) is -0.797. The Bertz CT molecular complexity index is 937. The summed E-state index contributed by atoms with van der Waals surface area (Å²) in [5.74, 6) is 1.86. The monoisotopic (exact) mass is 415 g/mol. The number of piperazine rings is 1. The molecule has 0 unspecified atom stereocenters. The number of alkyl halides is 3. The molecule has 0 saturated carbocycles. The van der Waals surface area contributed by atoms with Crippen LogP contribution in [-0.4, -0.2) is 36.4 Å². The lowest BCUT2D eigenvalue weighted by molar-refractivity contribution is -0.915. The summed E-state index contributed by atoms with van der Waals surface area (Å²) in [6.07, 6.45) is -1.96. The topological polar surface area (TPSA) is 73.9 Å². The summed E-state index contributed by atoms with van der Waals surface area (Å²) in [6.45, 7) is 3.34. The minimum atomic E-state index is -4.43. The molecule has 2 N–H and O–H groups in total. The molecule has 1 aliphatic heterocycles. The van der Waals surface area contributed by atoms with Gasteiger partial charge < -0.3 is 13.7 Å². The van der Waals surface area contributed by atoms with Gasteiger partial charge in [0.2, 0.25) is 0 Å². The van der Waals surface area contributed by atoms with Crippen LogP contribution in [0.25, 0.3) is 11.7 Å². The molecule has 11 heteroatoms. The van der Waals surface area contributed by atoms with Gasteiger partial charge in [0.15, 0.2) is 12.3 Å². The second-order valence-electron chi connectivity index (χ2n) is 6.47. The normalized spacial score (nSPS) is 15.9. The summed E-state index contributed by atoms with van der Waals surface area (Å²) in [6, 6.07) is 4.43. The number of rotatable bonds is 4. The van der Waals surface area contributed by atoms with Crippen molar-refractivity contribution in [3.05, 3.63) is 47.1 Å². The first kappa shape index (κ1) is 18.8. The molecule has 1 fully saturated rings. The predicted molar refractivity (Wildman–Crippen MR) is 91.6 cm³/mol. The van der Waals surface area contributed by atoms with E-state index in [0.29, 0.717) is 43.0 Å². The van der Waals surface area contributed by atoms with E-state index in [0.717, 1.165) is 25.4 Å². The fourth-order valence-corrected chi connectivity index (χ4v) is 3.42. The van der Waals surface area contributed by atoms with E-state index in [-0.39, 0.29) is 5.02 Å². The van der Waals surface area contributed by atoms with Crippen molar-refractivity contribution in [2.24, 2.45) is 0 Å². The van der Waals surface area contributed by atoms with Gasteiger partial charge in [-0.2, -0.15) is 13.2 Å². The van der Waals surface area contributed by atoms with E-state index in [4.69, 9.17) is 20.4 Å². The molecule has 7 nitrogen and oxygen atoms in total. The van der Waals surface area contributed by atoms with E-state index in [1.807, 2.05) is 4.90 Å². The number of nitrogens with zero attached hydrogens (tertiary/aromatic N) is 3. The average Bonchev–Trinajstić information content (AvgIpc) is 3.33. The Hall–Kier alpha value is -2.59. The molecule has 4 rings (SSSR count). The Morgan fingerprint density at radius 3 is 2.68 bits per heavy atom. The lowest BCUT2D eigenvalue weighted by Crippen LogP contribution is -3.13. The highest BCUT2D eigenvalue weighted by atomic mass is 35.5. The van der Waals surface area contributed by atoms with Crippen LogP contribution < -0.4 is 14.8 Å². The highest BCUT2D eigenvalue weighted by Gasteiger charge is 2.35. The van der Waals surface area contributed by atoms with Crippen molar-refractivity contribution >= 4 is 17.4 Å². The van der Waals surface area contributed by atoms with Crippen LogP contribution >= 0.6 is 11.6 Å². The molecule has 1 aliphatic rings. The van der Waals surface area contributed by atoms with E-state index in [1.54, 1.807) is 12.1 Å². The van der Waals surface area contributed by atoms with Crippen LogP contribution in [-0.2, 0) is 12.7 Å². The van der Waals surface area contributed by atoms with Gasteiger partial charge in [-0.3, -0.25) is 0 Å².